The van der Waals surface area contributed by atoms with E-state index in [9.17, 15) is 10.1 Å². The quantitative estimate of drug-likeness (QED) is 0.633. The van der Waals surface area contributed by atoms with E-state index in [0.29, 0.717) is 5.36 Å². The Hall–Kier alpha value is -1.98. The Morgan fingerprint density at radius 2 is 1.77 bits per heavy atom. The first-order valence-corrected chi connectivity index (χ1v) is 8.12. The molecule has 22 heavy (non-hydrogen) atoms. The third-order valence-electron chi connectivity index (χ3n) is 4.70. The van der Waals surface area contributed by atoms with Crippen LogP contribution in [0.3, 0.4) is 0 Å². The first-order chi connectivity index (χ1) is 10.6. The number of non-ortho nitro benzene ring substituents is 1. The summed E-state index contributed by atoms with van der Waals surface area (Å²) in [5.41, 5.74) is 0.600. The smallest absolute Gasteiger partial charge is 0.296 e. The molecule has 1 aliphatic heterocycles. The molecule has 6 heteroatoms. The zero-order chi connectivity index (χ0) is 15.7. The molecule has 3 rings (SSSR count). The van der Waals surface area contributed by atoms with Crippen molar-refractivity contribution in [1.29, 1.82) is 0 Å². The third-order valence-corrected chi connectivity index (χ3v) is 4.70. The number of hydrogen-bond acceptors (Lipinski definition) is 5. The average molecular weight is 302 g/mol. The summed E-state index contributed by atoms with van der Waals surface area (Å²) in [4.78, 5) is 22.8. The van der Waals surface area contributed by atoms with Crippen molar-refractivity contribution in [3.8, 4) is 0 Å². The van der Waals surface area contributed by atoms with Gasteiger partial charge in [0.05, 0.1) is 10.6 Å². The largest absolute Gasteiger partial charge is 0.370 e. The van der Waals surface area contributed by atoms with Crippen LogP contribution in [0.5, 0.6) is 0 Å². The van der Waals surface area contributed by atoms with Gasteiger partial charge in [0.2, 0.25) is 0 Å². The second kappa shape index (κ2) is 5.66. The number of benzene rings is 1. The van der Waals surface area contributed by atoms with Crippen molar-refractivity contribution < 1.29 is 4.92 Å². The van der Waals surface area contributed by atoms with Gasteiger partial charge in [-0.05, 0) is 45.6 Å². The standard InChI is InChI=1S/C16H22N4O2/c1-3-19(4-2)12-8-9-13(20(21)22)15-14(12)17-16(18-15)10-6-5-7-11-16/h8-9H,3-7,10-11H2,1-2H3. The van der Waals surface area contributed by atoms with Crippen molar-refractivity contribution in [3.05, 3.63) is 33.0 Å². The summed E-state index contributed by atoms with van der Waals surface area (Å²) in [7, 11) is 0. The topological polar surface area (TPSA) is 71.1 Å². The Balaban J connectivity index is 2.22. The van der Waals surface area contributed by atoms with Gasteiger partial charge < -0.3 is 4.90 Å². The number of anilines is 1. The Kier molecular flexibility index (Phi) is 3.85. The van der Waals surface area contributed by atoms with Crippen molar-refractivity contribution >= 4 is 11.4 Å². The third kappa shape index (κ3) is 2.36. The van der Waals surface area contributed by atoms with Crippen LogP contribution in [-0.2, 0) is 0 Å². The summed E-state index contributed by atoms with van der Waals surface area (Å²) in [6.45, 7) is 5.87. The van der Waals surface area contributed by atoms with Crippen LogP contribution in [-0.4, -0.2) is 23.7 Å². The minimum Gasteiger partial charge on any atom is -0.370 e. The SMILES string of the molecule is CCN(CC)c1ccc([N+](=O)[O-])c2c1=NC1(CCCCC1)N=2. The maximum atomic E-state index is 11.3. The Labute approximate surface area is 129 Å². The summed E-state index contributed by atoms with van der Waals surface area (Å²) >= 11 is 0. The summed E-state index contributed by atoms with van der Waals surface area (Å²) in [5.74, 6) is 0. The normalized spacial score (nSPS) is 18.5. The van der Waals surface area contributed by atoms with E-state index < -0.39 is 5.66 Å². The molecule has 0 radical (unpaired) electrons. The van der Waals surface area contributed by atoms with Gasteiger partial charge in [-0.1, -0.05) is 6.42 Å². The molecule has 1 aromatic carbocycles. The first-order valence-electron chi connectivity index (χ1n) is 8.12. The van der Waals surface area contributed by atoms with Gasteiger partial charge in [-0.15, -0.1) is 0 Å². The van der Waals surface area contributed by atoms with Crippen molar-refractivity contribution in [2.24, 2.45) is 9.98 Å². The van der Waals surface area contributed by atoms with Gasteiger partial charge >= 0.3 is 0 Å². The lowest BCUT2D eigenvalue weighted by molar-refractivity contribution is -0.386. The van der Waals surface area contributed by atoms with Crippen LogP contribution in [0.4, 0.5) is 11.4 Å². The van der Waals surface area contributed by atoms with Gasteiger partial charge in [0.1, 0.15) is 5.36 Å². The fourth-order valence-corrected chi connectivity index (χ4v) is 3.53. The maximum Gasteiger partial charge on any atom is 0.296 e. The van der Waals surface area contributed by atoms with Crippen LogP contribution >= 0.6 is 0 Å². The van der Waals surface area contributed by atoms with Crippen molar-refractivity contribution in [3.63, 3.8) is 0 Å². The number of nitro benzene ring substituents is 1. The highest BCUT2D eigenvalue weighted by atomic mass is 16.6. The molecule has 0 saturated heterocycles. The Bertz CT molecular complexity index is 704. The number of nitrogens with zero attached hydrogens (tertiary/aromatic N) is 4. The van der Waals surface area contributed by atoms with E-state index in [0.717, 1.165) is 49.8 Å². The van der Waals surface area contributed by atoms with E-state index >= 15 is 0 Å². The van der Waals surface area contributed by atoms with Crippen LogP contribution in [0.15, 0.2) is 22.1 Å². The van der Waals surface area contributed by atoms with E-state index in [-0.39, 0.29) is 10.6 Å². The molecule has 1 fully saturated rings. The molecular weight excluding hydrogens is 280 g/mol. The molecule has 1 aliphatic carbocycles. The number of nitro groups is 1. The second-order valence-corrected chi connectivity index (χ2v) is 6.00. The van der Waals surface area contributed by atoms with Crippen molar-refractivity contribution in [2.75, 3.05) is 18.0 Å². The van der Waals surface area contributed by atoms with Gasteiger partial charge in [0.25, 0.3) is 5.69 Å². The fraction of sp³-hybridized carbons (Fsp3) is 0.625. The number of hydrogen-bond donors (Lipinski definition) is 0. The summed E-state index contributed by atoms with van der Waals surface area (Å²) in [6, 6.07) is 3.40. The molecular formula is C16H22N4O2. The van der Waals surface area contributed by atoms with E-state index in [1.54, 1.807) is 6.07 Å². The van der Waals surface area contributed by atoms with Crippen LogP contribution in [0.2, 0.25) is 0 Å². The lowest BCUT2D eigenvalue weighted by Crippen LogP contribution is -2.34. The zero-order valence-corrected chi connectivity index (χ0v) is 13.2. The highest BCUT2D eigenvalue weighted by Gasteiger charge is 2.35. The minimum atomic E-state index is -0.450. The molecule has 1 aromatic rings. The lowest BCUT2D eigenvalue weighted by atomic mass is 9.90. The molecule has 1 saturated carbocycles. The highest BCUT2D eigenvalue weighted by molar-refractivity contribution is 5.51. The molecule has 1 spiro atoms. The molecule has 0 unspecified atom stereocenters. The monoisotopic (exact) mass is 302 g/mol. The van der Waals surface area contributed by atoms with Gasteiger partial charge in [0.15, 0.2) is 11.0 Å². The second-order valence-electron chi connectivity index (χ2n) is 6.00. The molecule has 6 nitrogen and oxygen atoms in total. The summed E-state index contributed by atoms with van der Waals surface area (Å²) < 4.78 is 0. The maximum absolute atomic E-state index is 11.3. The van der Waals surface area contributed by atoms with Gasteiger partial charge in [-0.3, -0.25) is 15.1 Å². The molecule has 0 N–H and O–H groups in total. The highest BCUT2D eigenvalue weighted by Crippen LogP contribution is 2.34. The molecule has 118 valence electrons. The number of rotatable bonds is 4. The van der Waals surface area contributed by atoms with Crippen LogP contribution in [0.25, 0.3) is 0 Å². The molecule has 0 bridgehead atoms. The van der Waals surface area contributed by atoms with Gasteiger partial charge in [0, 0.05) is 19.2 Å². The first kappa shape index (κ1) is 14.9. The fourth-order valence-electron chi connectivity index (χ4n) is 3.53. The Morgan fingerprint density at radius 3 is 2.36 bits per heavy atom. The van der Waals surface area contributed by atoms with Crippen molar-refractivity contribution in [2.45, 2.75) is 51.6 Å². The van der Waals surface area contributed by atoms with Crippen LogP contribution in [0.1, 0.15) is 46.0 Å². The Morgan fingerprint density at radius 1 is 1.14 bits per heavy atom. The van der Waals surface area contributed by atoms with Gasteiger partial charge in [-0.2, -0.15) is 0 Å². The van der Waals surface area contributed by atoms with E-state index in [1.807, 2.05) is 6.07 Å². The van der Waals surface area contributed by atoms with E-state index in [4.69, 9.17) is 9.98 Å². The predicted molar refractivity (Wildman–Crippen MR) is 84.8 cm³/mol. The molecule has 0 amide bonds. The van der Waals surface area contributed by atoms with Crippen LogP contribution in [0, 0.1) is 10.1 Å². The summed E-state index contributed by atoms with van der Waals surface area (Å²) in [6.07, 6.45) is 5.19. The summed E-state index contributed by atoms with van der Waals surface area (Å²) in [5, 5.41) is 12.5. The molecule has 2 aliphatic rings. The number of fused-ring (bicyclic) bond motifs is 1. The molecule has 0 aromatic heterocycles. The molecule has 1 heterocycles. The van der Waals surface area contributed by atoms with Crippen LogP contribution < -0.4 is 15.6 Å². The van der Waals surface area contributed by atoms with E-state index in [1.165, 1.54) is 6.42 Å². The zero-order valence-electron chi connectivity index (χ0n) is 13.2. The lowest BCUT2D eigenvalue weighted by Gasteiger charge is -2.27. The molecule has 0 atom stereocenters. The van der Waals surface area contributed by atoms with Gasteiger partial charge in [-0.25, -0.2) is 4.99 Å². The van der Waals surface area contributed by atoms with Crippen molar-refractivity contribution in [1.82, 2.24) is 0 Å². The minimum absolute atomic E-state index is 0.0807. The average Bonchev–Trinajstić information content (AvgIpc) is 2.87. The predicted octanol–water partition coefficient (Wildman–Crippen LogP) is 2.35. The van der Waals surface area contributed by atoms with E-state index in [2.05, 4.69) is 18.7 Å².